The van der Waals surface area contributed by atoms with E-state index in [0.29, 0.717) is 0 Å². The Morgan fingerprint density at radius 1 is 1.27 bits per heavy atom. The fourth-order valence-corrected chi connectivity index (χ4v) is 1.72. The second-order valence-corrected chi connectivity index (χ2v) is 3.85. The van der Waals surface area contributed by atoms with Crippen molar-refractivity contribution in [2.45, 2.75) is 32.6 Å². The van der Waals surface area contributed by atoms with Crippen molar-refractivity contribution in [3.8, 4) is 0 Å². The Kier molecular flexibility index (Phi) is 4.89. The number of hydrogen-bond donors (Lipinski definition) is 0. The minimum absolute atomic E-state index is 1.10. The van der Waals surface area contributed by atoms with Crippen LogP contribution in [0, 0.1) is 0 Å². The Labute approximate surface area is 93.3 Å². The van der Waals surface area contributed by atoms with E-state index in [9.17, 15) is 0 Å². The molecule has 1 aromatic rings. The molecule has 1 aromatic carbocycles. The van der Waals surface area contributed by atoms with E-state index >= 15 is 0 Å². The zero-order valence-corrected chi connectivity index (χ0v) is 9.63. The summed E-state index contributed by atoms with van der Waals surface area (Å²) in [4.78, 5) is 0. The molecule has 0 amide bonds. The van der Waals surface area contributed by atoms with Crippen molar-refractivity contribution in [1.29, 1.82) is 0 Å². The second kappa shape index (κ2) is 6.23. The van der Waals surface area contributed by atoms with Crippen LogP contribution in [0.4, 0.5) is 0 Å². The molecule has 0 saturated heterocycles. The number of rotatable bonds is 6. The van der Waals surface area contributed by atoms with E-state index in [1.165, 1.54) is 36.0 Å². The number of allylic oxidation sites excluding steroid dienone is 1. The molecule has 0 aliphatic carbocycles. The summed E-state index contributed by atoms with van der Waals surface area (Å²) >= 11 is 0. The molecule has 0 heteroatoms. The smallest absolute Gasteiger partial charge is 0.0158 e. The van der Waals surface area contributed by atoms with Crippen molar-refractivity contribution < 1.29 is 0 Å². The predicted molar refractivity (Wildman–Crippen MR) is 69.7 cm³/mol. The maximum atomic E-state index is 4.16. The molecular formula is C15H20. The maximum absolute atomic E-state index is 4.16. The van der Waals surface area contributed by atoms with Crippen molar-refractivity contribution in [3.63, 3.8) is 0 Å². The van der Waals surface area contributed by atoms with E-state index in [4.69, 9.17) is 0 Å². The minimum Gasteiger partial charge on any atom is -0.0984 e. The largest absolute Gasteiger partial charge is 0.0984 e. The van der Waals surface area contributed by atoms with Crippen molar-refractivity contribution in [2.24, 2.45) is 0 Å². The highest BCUT2D eigenvalue weighted by Crippen LogP contribution is 2.23. The van der Waals surface area contributed by atoms with Gasteiger partial charge in [-0.1, -0.05) is 63.3 Å². The zero-order chi connectivity index (χ0) is 11.1. The molecule has 0 spiro atoms. The van der Waals surface area contributed by atoms with Gasteiger partial charge in [-0.2, -0.15) is 0 Å². The quantitative estimate of drug-likeness (QED) is 0.571. The van der Waals surface area contributed by atoms with Gasteiger partial charge in [0.1, 0.15) is 0 Å². The van der Waals surface area contributed by atoms with Crippen LogP contribution in [0.1, 0.15) is 43.7 Å². The fraction of sp³-hybridized carbons (Fsp3) is 0.333. The zero-order valence-electron chi connectivity index (χ0n) is 9.63. The Hall–Kier alpha value is -1.30. The van der Waals surface area contributed by atoms with Crippen molar-refractivity contribution in [2.75, 3.05) is 0 Å². The van der Waals surface area contributed by atoms with Crippen LogP contribution >= 0.6 is 0 Å². The van der Waals surface area contributed by atoms with Crippen LogP contribution in [0.2, 0.25) is 0 Å². The molecule has 0 saturated carbocycles. The van der Waals surface area contributed by atoms with Gasteiger partial charge in [0, 0.05) is 0 Å². The molecule has 1 rings (SSSR count). The number of hydrogen-bond acceptors (Lipinski definition) is 0. The first-order valence-electron chi connectivity index (χ1n) is 5.69. The molecule has 0 unspecified atom stereocenters. The Morgan fingerprint density at radius 3 is 2.67 bits per heavy atom. The standard InChI is InChI=1S/C15H20/c1-4-6-7-10-13(3)15-12-9-8-11-14(15)5-2/h5,8-9,11-12H,2-4,6-7,10H2,1H3. The van der Waals surface area contributed by atoms with Gasteiger partial charge in [0.25, 0.3) is 0 Å². The summed E-state index contributed by atoms with van der Waals surface area (Å²) in [6, 6.07) is 8.33. The lowest BCUT2D eigenvalue weighted by molar-refractivity contribution is 0.736. The first-order chi connectivity index (χ1) is 7.29. The van der Waals surface area contributed by atoms with E-state index in [1.807, 2.05) is 12.1 Å². The van der Waals surface area contributed by atoms with E-state index < -0.39 is 0 Å². The number of unbranched alkanes of at least 4 members (excludes halogenated alkanes) is 2. The van der Waals surface area contributed by atoms with E-state index in [2.05, 4.69) is 38.3 Å². The van der Waals surface area contributed by atoms with Gasteiger partial charge in [-0.15, -0.1) is 0 Å². The normalized spacial score (nSPS) is 9.93. The third kappa shape index (κ3) is 3.39. The maximum Gasteiger partial charge on any atom is -0.0158 e. The van der Waals surface area contributed by atoms with Gasteiger partial charge in [0.15, 0.2) is 0 Å². The van der Waals surface area contributed by atoms with Crippen LogP contribution in [-0.2, 0) is 0 Å². The summed E-state index contributed by atoms with van der Waals surface area (Å²) in [6.07, 6.45) is 6.78. The third-order valence-electron chi connectivity index (χ3n) is 2.64. The molecule has 80 valence electrons. The summed E-state index contributed by atoms with van der Waals surface area (Å²) < 4.78 is 0. The van der Waals surface area contributed by atoms with Gasteiger partial charge >= 0.3 is 0 Å². The molecule has 0 aliphatic rings. The average Bonchev–Trinajstić information content (AvgIpc) is 2.29. The van der Waals surface area contributed by atoms with Gasteiger partial charge in [0.05, 0.1) is 0 Å². The van der Waals surface area contributed by atoms with Gasteiger partial charge in [-0.25, -0.2) is 0 Å². The van der Waals surface area contributed by atoms with Crippen LogP contribution in [-0.4, -0.2) is 0 Å². The highest BCUT2D eigenvalue weighted by molar-refractivity contribution is 5.72. The molecule has 0 bridgehead atoms. The van der Waals surface area contributed by atoms with Gasteiger partial charge in [-0.05, 0) is 29.5 Å². The summed E-state index contributed by atoms with van der Waals surface area (Å²) in [6.45, 7) is 10.2. The SMILES string of the molecule is C=Cc1ccccc1C(=C)CCCCC. The van der Waals surface area contributed by atoms with Crippen molar-refractivity contribution in [1.82, 2.24) is 0 Å². The predicted octanol–water partition coefficient (Wildman–Crippen LogP) is 4.92. The molecule has 0 heterocycles. The Balaban J connectivity index is 2.68. The Bertz CT molecular complexity index is 334. The van der Waals surface area contributed by atoms with Crippen LogP contribution in [0.15, 0.2) is 37.4 Å². The fourth-order valence-electron chi connectivity index (χ4n) is 1.72. The molecular weight excluding hydrogens is 180 g/mol. The van der Waals surface area contributed by atoms with Gasteiger partial charge < -0.3 is 0 Å². The lowest BCUT2D eigenvalue weighted by atomic mass is 9.97. The van der Waals surface area contributed by atoms with Crippen LogP contribution in [0.3, 0.4) is 0 Å². The van der Waals surface area contributed by atoms with Crippen LogP contribution in [0.5, 0.6) is 0 Å². The molecule has 0 nitrogen and oxygen atoms in total. The molecule has 0 fully saturated rings. The summed E-state index contributed by atoms with van der Waals surface area (Å²) in [5, 5.41) is 0. The lowest BCUT2D eigenvalue weighted by Gasteiger charge is -2.08. The highest BCUT2D eigenvalue weighted by Gasteiger charge is 2.02. The Morgan fingerprint density at radius 2 is 2.00 bits per heavy atom. The summed E-state index contributed by atoms with van der Waals surface area (Å²) in [5.74, 6) is 0. The van der Waals surface area contributed by atoms with Crippen molar-refractivity contribution in [3.05, 3.63) is 48.6 Å². The van der Waals surface area contributed by atoms with Crippen LogP contribution < -0.4 is 0 Å². The highest BCUT2D eigenvalue weighted by atomic mass is 14.1. The van der Waals surface area contributed by atoms with Gasteiger partial charge in [-0.3, -0.25) is 0 Å². The van der Waals surface area contributed by atoms with Crippen LogP contribution in [0.25, 0.3) is 11.6 Å². The van der Waals surface area contributed by atoms with Crippen molar-refractivity contribution >= 4 is 11.6 Å². The van der Waals surface area contributed by atoms with E-state index in [-0.39, 0.29) is 0 Å². The van der Waals surface area contributed by atoms with E-state index in [1.54, 1.807) is 0 Å². The molecule has 0 radical (unpaired) electrons. The van der Waals surface area contributed by atoms with Gasteiger partial charge in [0.2, 0.25) is 0 Å². The molecule has 0 N–H and O–H groups in total. The molecule has 0 aromatic heterocycles. The molecule has 0 atom stereocenters. The topological polar surface area (TPSA) is 0 Å². The first kappa shape index (κ1) is 11.8. The second-order valence-electron chi connectivity index (χ2n) is 3.85. The number of benzene rings is 1. The molecule has 15 heavy (non-hydrogen) atoms. The minimum atomic E-state index is 1.10. The average molecular weight is 200 g/mol. The molecule has 0 aliphatic heterocycles. The monoisotopic (exact) mass is 200 g/mol. The summed E-state index contributed by atoms with van der Waals surface area (Å²) in [5.41, 5.74) is 3.68. The lowest BCUT2D eigenvalue weighted by Crippen LogP contribution is -1.87. The summed E-state index contributed by atoms with van der Waals surface area (Å²) in [7, 11) is 0. The van der Waals surface area contributed by atoms with E-state index in [0.717, 1.165) is 6.42 Å². The third-order valence-corrected chi connectivity index (χ3v) is 2.64. The first-order valence-corrected chi connectivity index (χ1v) is 5.69.